The first-order chi connectivity index (χ1) is 8.42. The lowest BCUT2D eigenvalue weighted by molar-refractivity contribution is 0.0953. The number of sulfone groups is 1. The number of carbonyl (C=O) groups is 1. The van der Waals surface area contributed by atoms with Crippen molar-refractivity contribution in [2.75, 3.05) is 24.0 Å². The fourth-order valence-corrected chi connectivity index (χ4v) is 1.92. The van der Waals surface area contributed by atoms with Crippen molar-refractivity contribution in [2.45, 2.75) is 6.42 Å². The number of rotatable bonds is 6. The number of aromatic nitrogens is 1. The molecule has 0 aromatic carbocycles. The third kappa shape index (κ3) is 5.11. The Morgan fingerprint density at radius 2 is 2.17 bits per heavy atom. The molecule has 1 aromatic heterocycles. The predicted molar refractivity (Wildman–Crippen MR) is 68.7 cm³/mol. The normalized spacial score (nSPS) is 11.0. The molecule has 1 heterocycles. The van der Waals surface area contributed by atoms with Gasteiger partial charge in [0, 0.05) is 19.0 Å². The molecule has 1 amide bonds. The average Bonchev–Trinajstić information content (AvgIpc) is 2.33. The van der Waals surface area contributed by atoms with E-state index in [4.69, 9.17) is 5.84 Å². The minimum Gasteiger partial charge on any atom is -0.352 e. The molecule has 0 atom stereocenters. The quantitative estimate of drug-likeness (QED) is 0.366. The van der Waals surface area contributed by atoms with Crippen LogP contribution in [0.3, 0.4) is 0 Å². The van der Waals surface area contributed by atoms with Gasteiger partial charge in [-0.3, -0.25) is 4.79 Å². The number of nitrogens with zero attached hydrogens (tertiary/aromatic N) is 1. The zero-order valence-corrected chi connectivity index (χ0v) is 10.8. The fraction of sp³-hybridized carbons (Fsp3) is 0.400. The van der Waals surface area contributed by atoms with Gasteiger partial charge in [0.15, 0.2) is 0 Å². The van der Waals surface area contributed by atoms with Gasteiger partial charge in [0.25, 0.3) is 5.91 Å². The number of nitrogen functional groups attached to an aromatic ring is 1. The second-order valence-corrected chi connectivity index (χ2v) is 6.08. The standard InChI is InChI=1S/C10H16N4O3S/c1-18(16,17)6-2-5-12-10(15)8-3-4-9(14-11)13-7-8/h3-4,7H,2,5-6,11H2,1H3,(H,12,15)(H,13,14). The second-order valence-electron chi connectivity index (χ2n) is 3.82. The maximum Gasteiger partial charge on any atom is 0.252 e. The van der Waals surface area contributed by atoms with Crippen molar-refractivity contribution in [1.82, 2.24) is 10.3 Å². The van der Waals surface area contributed by atoms with E-state index in [1.54, 1.807) is 12.1 Å². The highest BCUT2D eigenvalue weighted by Gasteiger charge is 2.06. The highest BCUT2D eigenvalue weighted by Crippen LogP contribution is 2.03. The lowest BCUT2D eigenvalue weighted by atomic mass is 10.2. The third-order valence-electron chi connectivity index (χ3n) is 2.15. The Hall–Kier alpha value is -1.67. The molecule has 0 spiro atoms. The van der Waals surface area contributed by atoms with E-state index < -0.39 is 9.84 Å². The fourth-order valence-electron chi connectivity index (χ4n) is 1.25. The molecule has 18 heavy (non-hydrogen) atoms. The number of hydrogen-bond donors (Lipinski definition) is 3. The first kappa shape index (κ1) is 14.4. The van der Waals surface area contributed by atoms with E-state index in [9.17, 15) is 13.2 Å². The van der Waals surface area contributed by atoms with Crippen LogP contribution in [-0.2, 0) is 9.84 Å². The van der Waals surface area contributed by atoms with Crippen molar-refractivity contribution in [3.63, 3.8) is 0 Å². The molecule has 0 aliphatic rings. The summed E-state index contributed by atoms with van der Waals surface area (Å²) < 4.78 is 21.7. The topological polar surface area (TPSA) is 114 Å². The average molecular weight is 272 g/mol. The minimum atomic E-state index is -2.98. The van der Waals surface area contributed by atoms with Crippen LogP contribution in [0.4, 0.5) is 5.82 Å². The van der Waals surface area contributed by atoms with E-state index in [-0.39, 0.29) is 11.7 Å². The number of anilines is 1. The molecule has 0 aliphatic heterocycles. The van der Waals surface area contributed by atoms with Crippen LogP contribution in [-0.4, -0.2) is 37.9 Å². The summed E-state index contributed by atoms with van der Waals surface area (Å²) in [6.07, 6.45) is 2.94. The molecule has 4 N–H and O–H groups in total. The lowest BCUT2D eigenvalue weighted by Gasteiger charge is -2.05. The van der Waals surface area contributed by atoms with Crippen LogP contribution in [0.2, 0.25) is 0 Å². The van der Waals surface area contributed by atoms with Crippen molar-refractivity contribution in [3.8, 4) is 0 Å². The molecule has 0 saturated heterocycles. The number of hydrazine groups is 1. The summed E-state index contributed by atoms with van der Waals surface area (Å²) in [4.78, 5) is 15.5. The van der Waals surface area contributed by atoms with E-state index in [1.165, 1.54) is 6.20 Å². The molecule has 1 rings (SSSR count). The van der Waals surface area contributed by atoms with Gasteiger partial charge in [0.1, 0.15) is 15.7 Å². The number of nitrogens with one attached hydrogen (secondary N) is 2. The van der Waals surface area contributed by atoms with Crippen LogP contribution < -0.4 is 16.6 Å². The maximum absolute atomic E-state index is 11.6. The highest BCUT2D eigenvalue weighted by atomic mass is 32.2. The Kier molecular flexibility index (Phi) is 5.05. The summed E-state index contributed by atoms with van der Waals surface area (Å²) in [6, 6.07) is 3.15. The van der Waals surface area contributed by atoms with Crippen molar-refractivity contribution in [1.29, 1.82) is 0 Å². The van der Waals surface area contributed by atoms with Crippen molar-refractivity contribution in [2.24, 2.45) is 5.84 Å². The molecule has 0 fully saturated rings. The maximum atomic E-state index is 11.6. The first-order valence-corrected chi connectivity index (χ1v) is 7.37. The van der Waals surface area contributed by atoms with Crippen molar-refractivity contribution >= 4 is 21.6 Å². The Morgan fingerprint density at radius 1 is 1.44 bits per heavy atom. The Balaban J connectivity index is 2.40. The SMILES string of the molecule is CS(=O)(=O)CCCNC(=O)c1ccc(NN)nc1. The number of pyridine rings is 1. The van der Waals surface area contributed by atoms with Crippen molar-refractivity contribution < 1.29 is 13.2 Å². The van der Waals surface area contributed by atoms with Gasteiger partial charge < -0.3 is 10.7 Å². The van der Waals surface area contributed by atoms with E-state index >= 15 is 0 Å². The molecule has 0 saturated carbocycles. The highest BCUT2D eigenvalue weighted by molar-refractivity contribution is 7.90. The summed E-state index contributed by atoms with van der Waals surface area (Å²) in [6.45, 7) is 0.308. The van der Waals surface area contributed by atoms with E-state index in [0.29, 0.717) is 24.3 Å². The van der Waals surface area contributed by atoms with Gasteiger partial charge in [-0.05, 0) is 18.6 Å². The zero-order valence-electron chi connectivity index (χ0n) is 10.0. The van der Waals surface area contributed by atoms with Crippen LogP contribution in [0, 0.1) is 0 Å². The molecular formula is C10H16N4O3S. The van der Waals surface area contributed by atoms with E-state index in [2.05, 4.69) is 15.7 Å². The summed E-state index contributed by atoms with van der Waals surface area (Å²) in [7, 11) is -2.98. The second kappa shape index (κ2) is 6.31. The third-order valence-corrected chi connectivity index (χ3v) is 3.18. The van der Waals surface area contributed by atoms with E-state index in [1.807, 2.05) is 0 Å². The molecule has 1 aromatic rings. The van der Waals surface area contributed by atoms with Gasteiger partial charge >= 0.3 is 0 Å². The summed E-state index contributed by atoms with van der Waals surface area (Å²) in [5, 5.41) is 2.61. The number of carbonyl (C=O) groups excluding carboxylic acids is 1. The number of nitrogens with two attached hydrogens (primary N) is 1. The lowest BCUT2D eigenvalue weighted by Crippen LogP contribution is -2.26. The largest absolute Gasteiger partial charge is 0.352 e. The predicted octanol–water partition coefficient (Wildman–Crippen LogP) is -0.468. The summed E-state index contributed by atoms with van der Waals surface area (Å²) in [5.41, 5.74) is 2.75. The summed E-state index contributed by atoms with van der Waals surface area (Å²) in [5.74, 6) is 5.37. The van der Waals surface area contributed by atoms with Gasteiger partial charge in [-0.25, -0.2) is 19.2 Å². The Labute approximate surface area is 106 Å². The molecule has 100 valence electrons. The van der Waals surface area contributed by atoms with Crippen molar-refractivity contribution in [3.05, 3.63) is 23.9 Å². The Bertz CT molecular complexity index is 498. The molecule has 0 aliphatic carbocycles. The molecule has 0 unspecified atom stereocenters. The van der Waals surface area contributed by atoms with Gasteiger partial charge in [0.2, 0.25) is 0 Å². The first-order valence-electron chi connectivity index (χ1n) is 5.31. The van der Waals surface area contributed by atoms with Crippen LogP contribution in [0.15, 0.2) is 18.3 Å². The van der Waals surface area contributed by atoms with Crippen LogP contribution in [0.1, 0.15) is 16.8 Å². The molecule has 0 radical (unpaired) electrons. The number of amides is 1. The van der Waals surface area contributed by atoms with Crippen LogP contribution in [0.25, 0.3) is 0 Å². The molecule has 7 nitrogen and oxygen atoms in total. The van der Waals surface area contributed by atoms with Gasteiger partial charge in [-0.2, -0.15) is 0 Å². The smallest absolute Gasteiger partial charge is 0.252 e. The minimum absolute atomic E-state index is 0.0571. The van der Waals surface area contributed by atoms with Gasteiger partial charge in [-0.15, -0.1) is 0 Å². The zero-order chi connectivity index (χ0) is 13.6. The summed E-state index contributed by atoms with van der Waals surface area (Å²) >= 11 is 0. The monoisotopic (exact) mass is 272 g/mol. The number of hydrogen-bond acceptors (Lipinski definition) is 6. The Morgan fingerprint density at radius 3 is 2.67 bits per heavy atom. The van der Waals surface area contributed by atoms with Gasteiger partial charge in [-0.1, -0.05) is 0 Å². The molecular weight excluding hydrogens is 256 g/mol. The molecule has 8 heteroatoms. The van der Waals surface area contributed by atoms with Crippen LogP contribution >= 0.6 is 0 Å². The van der Waals surface area contributed by atoms with Crippen LogP contribution in [0.5, 0.6) is 0 Å². The van der Waals surface area contributed by atoms with E-state index in [0.717, 1.165) is 6.26 Å². The molecule has 0 bridgehead atoms. The van der Waals surface area contributed by atoms with Gasteiger partial charge in [0.05, 0.1) is 11.3 Å².